The van der Waals surface area contributed by atoms with Gasteiger partial charge in [-0.3, -0.25) is 4.79 Å². The van der Waals surface area contributed by atoms with Crippen LogP contribution in [-0.2, 0) is 0 Å². The van der Waals surface area contributed by atoms with E-state index in [2.05, 4.69) is 9.97 Å². The number of rotatable bonds is 3. The molecule has 17 heavy (non-hydrogen) atoms. The Kier molecular flexibility index (Phi) is 3.49. The topological polar surface area (TPSA) is 55.0 Å². The van der Waals surface area contributed by atoms with Crippen LogP contribution < -0.4 is 10.3 Å². The molecule has 1 heterocycles. The Hall–Kier alpha value is -1.75. The van der Waals surface area contributed by atoms with Gasteiger partial charge in [-0.25, -0.2) is 4.98 Å². The summed E-state index contributed by atoms with van der Waals surface area (Å²) in [5, 5.41) is 0.618. The standard InChI is InChI=1S/C12H12N2O2S/c1-16-9-5-3-8(4-6-9)10-7-13-12(17-2)14-11(10)15/h3-7H,1-2H3,(H,13,14,15). The quantitative estimate of drug-likeness (QED) is 0.668. The summed E-state index contributed by atoms with van der Waals surface area (Å²) in [6.07, 6.45) is 3.46. The van der Waals surface area contributed by atoms with E-state index in [-0.39, 0.29) is 5.56 Å². The molecule has 0 bridgehead atoms. The predicted molar refractivity (Wildman–Crippen MR) is 68.6 cm³/mol. The fraction of sp³-hybridized carbons (Fsp3) is 0.167. The van der Waals surface area contributed by atoms with Crippen molar-refractivity contribution in [3.63, 3.8) is 0 Å². The first kappa shape index (κ1) is 11.7. The first-order valence-corrected chi connectivity index (χ1v) is 6.25. The number of hydrogen-bond donors (Lipinski definition) is 1. The van der Waals surface area contributed by atoms with Gasteiger partial charge in [-0.05, 0) is 24.0 Å². The number of H-pyrrole nitrogens is 1. The van der Waals surface area contributed by atoms with Crippen molar-refractivity contribution in [2.75, 3.05) is 13.4 Å². The van der Waals surface area contributed by atoms with Gasteiger partial charge in [0.2, 0.25) is 0 Å². The summed E-state index contributed by atoms with van der Waals surface area (Å²) in [5.74, 6) is 0.763. The molecule has 1 aromatic heterocycles. The van der Waals surface area contributed by atoms with Gasteiger partial charge in [-0.15, -0.1) is 0 Å². The molecule has 0 amide bonds. The third-order valence-electron chi connectivity index (χ3n) is 2.37. The number of nitrogens with zero attached hydrogens (tertiary/aromatic N) is 1. The van der Waals surface area contributed by atoms with Crippen molar-refractivity contribution in [1.82, 2.24) is 9.97 Å². The van der Waals surface area contributed by atoms with Gasteiger partial charge in [-0.2, -0.15) is 0 Å². The highest BCUT2D eigenvalue weighted by atomic mass is 32.2. The second-order valence-electron chi connectivity index (χ2n) is 3.36. The zero-order valence-electron chi connectivity index (χ0n) is 9.56. The first-order chi connectivity index (χ1) is 8.24. The van der Waals surface area contributed by atoms with E-state index >= 15 is 0 Å². The number of ether oxygens (including phenoxy) is 1. The maximum Gasteiger partial charge on any atom is 0.259 e. The molecule has 0 atom stereocenters. The van der Waals surface area contributed by atoms with Crippen LogP contribution >= 0.6 is 11.8 Å². The highest BCUT2D eigenvalue weighted by molar-refractivity contribution is 7.98. The molecule has 4 nitrogen and oxygen atoms in total. The lowest BCUT2D eigenvalue weighted by Gasteiger charge is -2.03. The number of aromatic amines is 1. The Bertz CT molecular complexity index is 563. The van der Waals surface area contributed by atoms with E-state index in [4.69, 9.17) is 4.74 Å². The van der Waals surface area contributed by atoms with Crippen molar-refractivity contribution >= 4 is 11.8 Å². The predicted octanol–water partition coefficient (Wildman–Crippen LogP) is 2.17. The van der Waals surface area contributed by atoms with Crippen LogP contribution in [-0.4, -0.2) is 23.3 Å². The van der Waals surface area contributed by atoms with Gasteiger partial charge in [0.1, 0.15) is 5.75 Å². The molecule has 2 rings (SSSR count). The van der Waals surface area contributed by atoms with Gasteiger partial charge in [0.15, 0.2) is 5.16 Å². The lowest BCUT2D eigenvalue weighted by Crippen LogP contribution is -2.10. The summed E-state index contributed by atoms with van der Waals surface area (Å²) in [5.41, 5.74) is 1.26. The van der Waals surface area contributed by atoms with E-state index in [0.717, 1.165) is 11.3 Å². The third-order valence-corrected chi connectivity index (χ3v) is 2.96. The number of methoxy groups -OCH3 is 1. The van der Waals surface area contributed by atoms with Crippen LogP contribution in [0.25, 0.3) is 11.1 Å². The minimum Gasteiger partial charge on any atom is -0.497 e. The molecule has 2 aromatic rings. The molecule has 0 radical (unpaired) electrons. The van der Waals surface area contributed by atoms with Crippen molar-refractivity contribution in [3.8, 4) is 16.9 Å². The van der Waals surface area contributed by atoms with Crippen LogP contribution in [0, 0.1) is 0 Å². The molecule has 1 aromatic carbocycles. The van der Waals surface area contributed by atoms with Crippen LogP contribution in [0.2, 0.25) is 0 Å². The molecule has 0 saturated heterocycles. The van der Waals surface area contributed by atoms with E-state index in [1.807, 2.05) is 30.5 Å². The Morgan fingerprint density at radius 2 is 2.00 bits per heavy atom. The zero-order chi connectivity index (χ0) is 12.3. The number of thioether (sulfide) groups is 1. The van der Waals surface area contributed by atoms with Gasteiger partial charge >= 0.3 is 0 Å². The van der Waals surface area contributed by atoms with Crippen LogP contribution in [0.5, 0.6) is 5.75 Å². The van der Waals surface area contributed by atoms with E-state index in [1.54, 1.807) is 13.3 Å². The molecule has 0 fully saturated rings. The van der Waals surface area contributed by atoms with E-state index in [0.29, 0.717) is 10.7 Å². The number of aromatic nitrogens is 2. The van der Waals surface area contributed by atoms with Gasteiger partial charge in [0.05, 0.1) is 12.7 Å². The highest BCUT2D eigenvalue weighted by Crippen LogP contribution is 2.19. The van der Waals surface area contributed by atoms with Crippen molar-refractivity contribution in [1.29, 1.82) is 0 Å². The Labute approximate surface area is 103 Å². The lowest BCUT2D eigenvalue weighted by molar-refractivity contribution is 0.415. The summed E-state index contributed by atoms with van der Waals surface area (Å²) >= 11 is 1.41. The number of benzene rings is 1. The molecule has 5 heteroatoms. The number of hydrogen-bond acceptors (Lipinski definition) is 4. The van der Waals surface area contributed by atoms with Crippen LogP contribution in [0.3, 0.4) is 0 Å². The molecular formula is C12H12N2O2S. The SMILES string of the molecule is COc1ccc(-c2cnc(SC)[nH]c2=O)cc1. The second-order valence-corrected chi connectivity index (χ2v) is 4.16. The van der Waals surface area contributed by atoms with Crippen LogP contribution in [0.1, 0.15) is 0 Å². The van der Waals surface area contributed by atoms with Gasteiger partial charge in [-0.1, -0.05) is 23.9 Å². The fourth-order valence-electron chi connectivity index (χ4n) is 1.46. The molecule has 0 spiro atoms. The maximum atomic E-state index is 11.8. The molecule has 0 unspecified atom stereocenters. The monoisotopic (exact) mass is 248 g/mol. The Morgan fingerprint density at radius 1 is 1.29 bits per heavy atom. The lowest BCUT2D eigenvalue weighted by atomic mass is 10.1. The molecule has 88 valence electrons. The Morgan fingerprint density at radius 3 is 2.53 bits per heavy atom. The third kappa shape index (κ3) is 2.50. The van der Waals surface area contributed by atoms with Gasteiger partial charge in [0, 0.05) is 6.20 Å². The second kappa shape index (κ2) is 5.05. The molecule has 0 aliphatic rings. The molecular weight excluding hydrogens is 236 g/mol. The molecule has 0 aliphatic carbocycles. The van der Waals surface area contributed by atoms with E-state index in [9.17, 15) is 4.79 Å². The fourth-order valence-corrected chi connectivity index (χ4v) is 1.81. The van der Waals surface area contributed by atoms with Crippen molar-refractivity contribution in [2.45, 2.75) is 5.16 Å². The zero-order valence-corrected chi connectivity index (χ0v) is 10.4. The number of nitrogens with one attached hydrogen (secondary N) is 1. The Balaban J connectivity index is 2.42. The molecule has 0 saturated carbocycles. The summed E-state index contributed by atoms with van der Waals surface area (Å²) in [6.45, 7) is 0. The average Bonchev–Trinajstić information content (AvgIpc) is 2.39. The van der Waals surface area contributed by atoms with Gasteiger partial charge < -0.3 is 9.72 Å². The molecule has 0 aliphatic heterocycles. The van der Waals surface area contributed by atoms with E-state index in [1.165, 1.54) is 11.8 Å². The maximum absolute atomic E-state index is 11.8. The van der Waals surface area contributed by atoms with Gasteiger partial charge in [0.25, 0.3) is 5.56 Å². The smallest absolute Gasteiger partial charge is 0.259 e. The summed E-state index contributed by atoms with van der Waals surface area (Å²) < 4.78 is 5.07. The largest absolute Gasteiger partial charge is 0.497 e. The van der Waals surface area contributed by atoms with Crippen molar-refractivity contribution < 1.29 is 4.74 Å². The first-order valence-electron chi connectivity index (χ1n) is 5.02. The molecule has 1 N–H and O–H groups in total. The van der Waals surface area contributed by atoms with Crippen molar-refractivity contribution in [3.05, 3.63) is 40.8 Å². The minimum absolute atomic E-state index is 0.130. The average molecular weight is 248 g/mol. The van der Waals surface area contributed by atoms with Crippen LogP contribution in [0.4, 0.5) is 0 Å². The summed E-state index contributed by atoms with van der Waals surface area (Å²) in [6, 6.07) is 7.31. The van der Waals surface area contributed by atoms with Crippen LogP contribution in [0.15, 0.2) is 40.4 Å². The normalized spacial score (nSPS) is 10.2. The summed E-state index contributed by atoms with van der Waals surface area (Å²) in [7, 11) is 1.61. The summed E-state index contributed by atoms with van der Waals surface area (Å²) in [4.78, 5) is 18.7. The van der Waals surface area contributed by atoms with E-state index < -0.39 is 0 Å². The van der Waals surface area contributed by atoms with Crippen molar-refractivity contribution in [2.24, 2.45) is 0 Å². The highest BCUT2D eigenvalue weighted by Gasteiger charge is 2.05. The minimum atomic E-state index is -0.130.